The number of allylic oxidation sites excluding steroid dienone is 6. The van der Waals surface area contributed by atoms with Gasteiger partial charge in [-0.1, -0.05) is 35.9 Å². The van der Waals surface area contributed by atoms with Crippen LogP contribution in [0.2, 0.25) is 0 Å². The van der Waals surface area contributed by atoms with Crippen molar-refractivity contribution in [2.45, 2.75) is 52.9 Å². The zero-order chi connectivity index (χ0) is 25.2. The monoisotopic (exact) mass is 492 g/mol. The van der Waals surface area contributed by atoms with Gasteiger partial charge in [0.1, 0.15) is 16.2 Å². The van der Waals surface area contributed by atoms with E-state index in [4.69, 9.17) is 4.74 Å². The number of amides is 1. The summed E-state index contributed by atoms with van der Waals surface area (Å²) in [5.41, 5.74) is 4.54. The molecule has 1 aromatic carbocycles. The number of ketones is 1. The summed E-state index contributed by atoms with van der Waals surface area (Å²) in [5.74, 6) is -0.916. The molecule has 8 heteroatoms. The summed E-state index contributed by atoms with van der Waals surface area (Å²) in [7, 11) is -4.36. The highest BCUT2D eigenvalue weighted by molar-refractivity contribution is 7.95. The maximum atomic E-state index is 13.2. The smallest absolute Gasteiger partial charge is 0.270 e. The number of carbonyl (C=O) groups excluding carboxylic acids is 2. The van der Waals surface area contributed by atoms with E-state index in [1.807, 2.05) is 37.6 Å². The fourth-order valence-corrected chi connectivity index (χ4v) is 5.47. The molecule has 0 saturated carbocycles. The summed E-state index contributed by atoms with van der Waals surface area (Å²) in [5, 5.41) is 0. The fourth-order valence-electron chi connectivity index (χ4n) is 4.36. The highest BCUT2D eigenvalue weighted by atomic mass is 32.2. The van der Waals surface area contributed by atoms with Crippen molar-refractivity contribution in [2.75, 3.05) is 0 Å². The minimum atomic E-state index is -4.36. The second-order valence-electron chi connectivity index (χ2n) is 8.88. The van der Waals surface area contributed by atoms with Gasteiger partial charge in [-0.2, -0.15) is 0 Å². The first-order chi connectivity index (χ1) is 16.7. The summed E-state index contributed by atoms with van der Waals surface area (Å²) in [6, 6.07) is 7.16. The van der Waals surface area contributed by atoms with E-state index in [-0.39, 0.29) is 17.9 Å². The summed E-state index contributed by atoms with van der Waals surface area (Å²) in [6.45, 7) is 5.79. The predicted octanol–water partition coefficient (Wildman–Crippen LogP) is 5.23. The third-order valence-corrected chi connectivity index (χ3v) is 7.40. The molecule has 2 aliphatic carbocycles. The average molecular weight is 493 g/mol. The molecule has 1 heterocycles. The number of pyridine rings is 1. The normalized spacial score (nSPS) is 15.9. The number of nitrogens with one attached hydrogen (secondary N) is 1. The zero-order valence-corrected chi connectivity index (χ0v) is 20.9. The SMILES string of the molecule is Cc1cc(C)c(Oc2nc(C3=CCCCC3)ccc2C(=O)NS(=O)(=O)C2=CC=CCC2=O)c(C)c1. The van der Waals surface area contributed by atoms with E-state index < -0.39 is 26.6 Å². The van der Waals surface area contributed by atoms with Crippen LogP contribution >= 0.6 is 0 Å². The van der Waals surface area contributed by atoms with Gasteiger partial charge in [0.2, 0.25) is 5.88 Å². The number of nitrogens with zero attached hydrogens (tertiary/aromatic N) is 1. The lowest BCUT2D eigenvalue weighted by Gasteiger charge is -2.18. The van der Waals surface area contributed by atoms with Crippen LogP contribution in [-0.2, 0) is 14.8 Å². The van der Waals surface area contributed by atoms with Gasteiger partial charge in [0.15, 0.2) is 5.78 Å². The van der Waals surface area contributed by atoms with Gasteiger partial charge in [-0.05, 0) is 81.4 Å². The summed E-state index contributed by atoms with van der Waals surface area (Å²) < 4.78 is 33.8. The minimum Gasteiger partial charge on any atom is -0.438 e. The molecular weight excluding hydrogens is 464 g/mol. The van der Waals surface area contributed by atoms with Gasteiger partial charge in [0.25, 0.3) is 15.9 Å². The lowest BCUT2D eigenvalue weighted by Crippen LogP contribution is -2.34. The van der Waals surface area contributed by atoms with Crippen molar-refractivity contribution in [2.24, 2.45) is 0 Å². The Morgan fingerprint density at radius 3 is 2.49 bits per heavy atom. The third-order valence-electron chi connectivity index (χ3n) is 6.01. The fraction of sp³-hybridized carbons (Fsp3) is 0.296. The number of aromatic nitrogens is 1. The average Bonchev–Trinajstić information content (AvgIpc) is 2.81. The van der Waals surface area contributed by atoms with E-state index in [1.165, 1.54) is 18.2 Å². The van der Waals surface area contributed by atoms with Crippen LogP contribution in [0.3, 0.4) is 0 Å². The van der Waals surface area contributed by atoms with Gasteiger partial charge in [0, 0.05) is 6.42 Å². The molecule has 1 amide bonds. The molecule has 0 saturated heterocycles. The quantitative estimate of drug-likeness (QED) is 0.592. The zero-order valence-electron chi connectivity index (χ0n) is 20.1. The summed E-state index contributed by atoms with van der Waals surface area (Å²) >= 11 is 0. The molecule has 7 nitrogen and oxygen atoms in total. The van der Waals surface area contributed by atoms with Crippen molar-refractivity contribution >= 4 is 27.3 Å². The van der Waals surface area contributed by atoms with Gasteiger partial charge < -0.3 is 4.74 Å². The second kappa shape index (κ2) is 10.00. The molecule has 0 atom stereocenters. The number of benzene rings is 1. The number of Topliss-reactive ketones (excluding diaryl/α,β-unsaturated/α-hetero) is 1. The Hall–Kier alpha value is -3.52. The molecule has 0 fully saturated rings. The number of aryl methyl sites for hydroxylation is 3. The first kappa shape index (κ1) is 24.6. The van der Waals surface area contributed by atoms with Crippen molar-refractivity contribution in [3.63, 3.8) is 0 Å². The summed E-state index contributed by atoms with van der Waals surface area (Å²) in [6.07, 6.45) is 10.3. The first-order valence-electron chi connectivity index (χ1n) is 11.6. The molecule has 1 aromatic heterocycles. The van der Waals surface area contributed by atoms with Crippen molar-refractivity contribution in [1.29, 1.82) is 0 Å². The van der Waals surface area contributed by atoms with Crippen LogP contribution in [0.4, 0.5) is 0 Å². The summed E-state index contributed by atoms with van der Waals surface area (Å²) in [4.78, 5) is 29.4. The van der Waals surface area contributed by atoms with Gasteiger partial charge in [-0.3, -0.25) is 9.59 Å². The van der Waals surface area contributed by atoms with E-state index in [9.17, 15) is 18.0 Å². The van der Waals surface area contributed by atoms with E-state index in [1.54, 1.807) is 12.1 Å². The van der Waals surface area contributed by atoms with Crippen LogP contribution in [0.1, 0.15) is 64.8 Å². The number of carbonyl (C=O) groups is 2. The highest BCUT2D eigenvalue weighted by Gasteiger charge is 2.29. The maximum Gasteiger partial charge on any atom is 0.270 e. The van der Waals surface area contributed by atoms with Crippen LogP contribution < -0.4 is 9.46 Å². The third kappa shape index (κ3) is 5.43. The Kier molecular flexibility index (Phi) is 7.03. The molecule has 1 N–H and O–H groups in total. The minimum absolute atomic E-state index is 0.0144. The number of hydrogen-bond donors (Lipinski definition) is 1. The Labute approximate surface area is 205 Å². The van der Waals surface area contributed by atoms with Crippen molar-refractivity contribution in [3.05, 3.63) is 81.4 Å². The lowest BCUT2D eigenvalue weighted by molar-refractivity contribution is -0.114. The molecule has 182 valence electrons. The van der Waals surface area contributed by atoms with E-state index in [2.05, 4.69) is 11.1 Å². The molecule has 0 spiro atoms. The standard InChI is InChI=1S/C27H28N2O5S/c1-17-15-18(2)25(19(3)16-17)34-27-21(13-14-22(28-27)20-9-5-4-6-10-20)26(31)29-35(32,33)24-12-8-7-11-23(24)30/h7-9,12-16H,4-6,10-11H2,1-3H3,(H,29,31). The topological polar surface area (TPSA) is 102 Å². The van der Waals surface area contributed by atoms with Crippen molar-refractivity contribution < 1.29 is 22.7 Å². The first-order valence-corrected chi connectivity index (χ1v) is 13.1. The maximum absolute atomic E-state index is 13.2. The molecule has 35 heavy (non-hydrogen) atoms. The van der Waals surface area contributed by atoms with E-state index in [0.29, 0.717) is 11.4 Å². The highest BCUT2D eigenvalue weighted by Crippen LogP contribution is 2.33. The second-order valence-corrected chi connectivity index (χ2v) is 10.5. The Bertz CT molecular complexity index is 1380. The Balaban J connectivity index is 1.74. The van der Waals surface area contributed by atoms with Crippen molar-refractivity contribution in [3.8, 4) is 11.6 Å². The number of sulfonamides is 1. The van der Waals surface area contributed by atoms with Crippen LogP contribution in [0.5, 0.6) is 11.6 Å². The number of hydrogen-bond acceptors (Lipinski definition) is 6. The van der Waals surface area contributed by atoms with Gasteiger partial charge in [0.05, 0.1) is 5.69 Å². The Morgan fingerprint density at radius 2 is 1.83 bits per heavy atom. The molecule has 0 bridgehead atoms. The van der Waals surface area contributed by atoms with Crippen LogP contribution in [0.15, 0.2) is 53.5 Å². The number of rotatable bonds is 6. The molecule has 2 aliphatic rings. The Morgan fingerprint density at radius 1 is 1.09 bits per heavy atom. The van der Waals surface area contributed by atoms with Gasteiger partial charge >= 0.3 is 0 Å². The molecule has 0 aliphatic heterocycles. The van der Waals surface area contributed by atoms with E-state index >= 15 is 0 Å². The van der Waals surface area contributed by atoms with Crippen LogP contribution in [0, 0.1) is 20.8 Å². The lowest BCUT2D eigenvalue weighted by atomic mass is 9.96. The molecule has 0 unspecified atom stereocenters. The molecular formula is C27H28N2O5S. The molecule has 2 aromatic rings. The van der Waals surface area contributed by atoms with Gasteiger partial charge in [-0.15, -0.1) is 0 Å². The van der Waals surface area contributed by atoms with Crippen molar-refractivity contribution in [1.82, 2.24) is 9.71 Å². The van der Waals surface area contributed by atoms with E-state index in [0.717, 1.165) is 47.9 Å². The largest absolute Gasteiger partial charge is 0.438 e. The predicted molar refractivity (Wildman–Crippen MR) is 135 cm³/mol. The molecule has 0 radical (unpaired) electrons. The van der Waals surface area contributed by atoms with Crippen LogP contribution in [-0.4, -0.2) is 25.1 Å². The molecule has 4 rings (SSSR count). The van der Waals surface area contributed by atoms with Gasteiger partial charge in [-0.25, -0.2) is 18.1 Å². The number of ether oxygens (including phenoxy) is 1. The van der Waals surface area contributed by atoms with Crippen LogP contribution in [0.25, 0.3) is 5.57 Å².